The van der Waals surface area contributed by atoms with Crippen molar-refractivity contribution in [1.82, 2.24) is 5.32 Å². The molecule has 1 amide bonds. The summed E-state index contributed by atoms with van der Waals surface area (Å²) in [7, 11) is 0. The Morgan fingerprint density at radius 1 is 1.29 bits per heavy atom. The molecule has 5 nitrogen and oxygen atoms in total. The highest BCUT2D eigenvalue weighted by Crippen LogP contribution is 2.15. The van der Waals surface area contributed by atoms with E-state index in [1.54, 1.807) is 6.08 Å². The summed E-state index contributed by atoms with van der Waals surface area (Å²) in [5.74, 6) is -0.773. The number of hydrogen-bond acceptors (Lipinski definition) is 3. The number of nitrogens with one attached hydrogen (secondary N) is 1. The van der Waals surface area contributed by atoms with E-state index in [-0.39, 0.29) is 25.7 Å². The smallest absolute Gasteiger partial charge is 0.329 e. The van der Waals surface area contributed by atoms with Crippen LogP contribution in [0, 0.1) is 0 Å². The largest absolute Gasteiger partial charge is 0.480 e. The summed E-state index contributed by atoms with van der Waals surface area (Å²) in [5.41, 5.74) is 2.21. The summed E-state index contributed by atoms with van der Waals surface area (Å²) >= 11 is 0. The lowest BCUT2D eigenvalue weighted by atomic mass is 10.0. The molecule has 0 saturated carbocycles. The van der Waals surface area contributed by atoms with Crippen LogP contribution in [0.5, 0.6) is 0 Å². The number of rotatable bonds is 8. The zero-order valence-electron chi connectivity index (χ0n) is 12.3. The number of carbonyl (C=O) groups is 2. The second-order valence-electron chi connectivity index (χ2n) is 4.89. The van der Waals surface area contributed by atoms with Crippen molar-refractivity contribution in [3.63, 3.8) is 0 Å². The monoisotopic (exact) mass is 291 g/mol. The molecule has 0 aliphatic rings. The normalized spacial score (nSPS) is 11.0. The maximum absolute atomic E-state index is 11.5. The fourth-order valence-corrected chi connectivity index (χ4v) is 1.63. The average molecular weight is 291 g/mol. The molecule has 1 aromatic rings. The summed E-state index contributed by atoms with van der Waals surface area (Å²) in [4.78, 5) is 21.7. The lowest BCUT2D eigenvalue weighted by Crippen LogP contribution is -2.26. The van der Waals surface area contributed by atoms with E-state index in [1.165, 1.54) is 11.6 Å². The van der Waals surface area contributed by atoms with E-state index in [4.69, 9.17) is 9.84 Å². The molecule has 0 heterocycles. The van der Waals surface area contributed by atoms with Crippen LogP contribution in [-0.4, -0.2) is 36.7 Å². The van der Waals surface area contributed by atoms with Crippen molar-refractivity contribution in [2.24, 2.45) is 0 Å². The van der Waals surface area contributed by atoms with Gasteiger partial charge in [0.05, 0.1) is 6.61 Å². The van der Waals surface area contributed by atoms with E-state index < -0.39 is 5.97 Å². The Morgan fingerprint density at radius 2 is 1.95 bits per heavy atom. The fourth-order valence-electron chi connectivity index (χ4n) is 1.63. The van der Waals surface area contributed by atoms with Crippen molar-refractivity contribution in [2.45, 2.75) is 19.8 Å². The van der Waals surface area contributed by atoms with Crippen molar-refractivity contribution < 1.29 is 19.4 Å². The molecule has 0 aliphatic heterocycles. The molecule has 2 N–H and O–H groups in total. The molecule has 0 bridgehead atoms. The second-order valence-corrected chi connectivity index (χ2v) is 4.89. The second kappa shape index (κ2) is 8.92. The number of aliphatic carboxylic acids is 1. The van der Waals surface area contributed by atoms with Crippen molar-refractivity contribution in [1.29, 1.82) is 0 Å². The topological polar surface area (TPSA) is 75.6 Å². The van der Waals surface area contributed by atoms with Gasteiger partial charge in [-0.2, -0.15) is 0 Å². The van der Waals surface area contributed by atoms with Gasteiger partial charge in [0.15, 0.2) is 0 Å². The highest BCUT2D eigenvalue weighted by atomic mass is 16.5. The summed E-state index contributed by atoms with van der Waals surface area (Å²) in [6.07, 6.45) is 3.18. The number of carboxylic acid groups (broad SMARTS) is 1. The van der Waals surface area contributed by atoms with Crippen molar-refractivity contribution >= 4 is 18.0 Å². The Bertz CT molecular complexity index is 492. The highest BCUT2D eigenvalue weighted by Gasteiger charge is 1.99. The van der Waals surface area contributed by atoms with Gasteiger partial charge in [-0.1, -0.05) is 38.1 Å². The third-order valence-corrected chi connectivity index (χ3v) is 2.80. The minimum Gasteiger partial charge on any atom is -0.480 e. The average Bonchev–Trinajstić information content (AvgIpc) is 2.44. The first-order valence-electron chi connectivity index (χ1n) is 6.84. The lowest BCUT2D eigenvalue weighted by molar-refractivity contribution is -0.142. The quantitative estimate of drug-likeness (QED) is 0.567. The predicted octanol–water partition coefficient (Wildman–Crippen LogP) is 2.04. The zero-order valence-corrected chi connectivity index (χ0v) is 12.3. The molecule has 0 unspecified atom stereocenters. The third-order valence-electron chi connectivity index (χ3n) is 2.80. The van der Waals surface area contributed by atoms with Crippen molar-refractivity contribution in [3.8, 4) is 0 Å². The molecular formula is C16H21NO4. The van der Waals surface area contributed by atoms with E-state index >= 15 is 0 Å². The molecule has 0 fully saturated rings. The first-order valence-corrected chi connectivity index (χ1v) is 6.84. The molecular weight excluding hydrogens is 270 g/mol. The number of carbonyl (C=O) groups excluding carboxylic acids is 1. The standard InChI is InChI=1S/C16H21NO4/c1-12(2)14-6-3-13(4-7-14)5-8-15(18)17-9-10-21-11-16(19)20/h3-8,12H,9-11H2,1-2H3,(H,17,18)(H,19,20). The van der Waals surface area contributed by atoms with Crippen LogP contribution in [0.15, 0.2) is 30.3 Å². The van der Waals surface area contributed by atoms with Crippen LogP contribution in [0.3, 0.4) is 0 Å². The SMILES string of the molecule is CC(C)c1ccc(C=CC(=O)NCCOCC(=O)O)cc1. The zero-order chi connectivity index (χ0) is 15.7. The Labute approximate surface area is 124 Å². The van der Waals surface area contributed by atoms with Crippen LogP contribution in [0.4, 0.5) is 0 Å². The molecule has 0 aromatic heterocycles. The number of amides is 1. The van der Waals surface area contributed by atoms with Gasteiger partial charge >= 0.3 is 5.97 Å². The van der Waals surface area contributed by atoms with Gasteiger partial charge < -0.3 is 15.2 Å². The van der Waals surface area contributed by atoms with Crippen LogP contribution in [0.2, 0.25) is 0 Å². The summed E-state index contributed by atoms with van der Waals surface area (Å²) in [6.45, 7) is 4.36. The summed E-state index contributed by atoms with van der Waals surface area (Å²) in [6, 6.07) is 8.02. The summed E-state index contributed by atoms with van der Waals surface area (Å²) < 4.78 is 4.81. The van der Waals surface area contributed by atoms with Gasteiger partial charge in [-0.3, -0.25) is 4.79 Å². The molecule has 0 spiro atoms. The molecule has 0 atom stereocenters. The van der Waals surface area contributed by atoms with Crippen LogP contribution in [-0.2, 0) is 14.3 Å². The predicted molar refractivity (Wildman–Crippen MR) is 81.0 cm³/mol. The van der Waals surface area contributed by atoms with E-state index in [2.05, 4.69) is 19.2 Å². The lowest BCUT2D eigenvalue weighted by Gasteiger charge is -2.05. The van der Waals surface area contributed by atoms with Crippen molar-refractivity contribution in [2.75, 3.05) is 19.8 Å². The molecule has 0 radical (unpaired) electrons. The van der Waals surface area contributed by atoms with Gasteiger partial charge in [0.2, 0.25) is 5.91 Å². The summed E-state index contributed by atoms with van der Waals surface area (Å²) in [5, 5.41) is 11.0. The number of carboxylic acids is 1. The van der Waals surface area contributed by atoms with E-state index in [0.29, 0.717) is 5.92 Å². The Hall–Kier alpha value is -2.14. The molecule has 0 aliphatic carbocycles. The molecule has 0 saturated heterocycles. The van der Waals surface area contributed by atoms with Gasteiger partial charge in [-0.15, -0.1) is 0 Å². The Balaban J connectivity index is 2.31. The minimum absolute atomic E-state index is 0.176. The Kier molecular flexibility index (Phi) is 7.18. The first-order chi connectivity index (χ1) is 9.99. The van der Waals surface area contributed by atoms with Crippen LogP contribution < -0.4 is 5.32 Å². The first kappa shape index (κ1) is 16.9. The van der Waals surface area contributed by atoms with Gasteiger partial charge in [-0.25, -0.2) is 4.79 Å². The van der Waals surface area contributed by atoms with Crippen LogP contribution in [0.1, 0.15) is 30.9 Å². The number of ether oxygens (including phenoxy) is 1. The third kappa shape index (κ3) is 7.27. The molecule has 5 heteroatoms. The van der Waals surface area contributed by atoms with Crippen LogP contribution in [0.25, 0.3) is 6.08 Å². The minimum atomic E-state index is -1.02. The maximum atomic E-state index is 11.5. The van der Waals surface area contributed by atoms with Gasteiger partial charge in [0.25, 0.3) is 0 Å². The highest BCUT2D eigenvalue weighted by molar-refractivity contribution is 5.91. The van der Waals surface area contributed by atoms with Gasteiger partial charge in [-0.05, 0) is 23.1 Å². The van der Waals surface area contributed by atoms with Gasteiger partial charge in [0.1, 0.15) is 6.61 Å². The van der Waals surface area contributed by atoms with E-state index in [1.807, 2.05) is 24.3 Å². The molecule has 114 valence electrons. The van der Waals surface area contributed by atoms with Gasteiger partial charge in [0, 0.05) is 12.6 Å². The molecule has 1 aromatic carbocycles. The molecule has 21 heavy (non-hydrogen) atoms. The van der Waals surface area contributed by atoms with Crippen LogP contribution >= 0.6 is 0 Å². The maximum Gasteiger partial charge on any atom is 0.329 e. The fraction of sp³-hybridized carbons (Fsp3) is 0.375. The number of benzene rings is 1. The van der Waals surface area contributed by atoms with Crippen molar-refractivity contribution in [3.05, 3.63) is 41.5 Å². The molecule has 1 rings (SSSR count). The van der Waals surface area contributed by atoms with E-state index in [9.17, 15) is 9.59 Å². The van der Waals surface area contributed by atoms with E-state index in [0.717, 1.165) is 5.56 Å². The Morgan fingerprint density at radius 3 is 2.52 bits per heavy atom. The number of hydrogen-bond donors (Lipinski definition) is 2.